The molecule has 19 heavy (non-hydrogen) atoms. The smallest absolute Gasteiger partial charge is 0.248 e. The van der Waals surface area contributed by atoms with Crippen LogP contribution in [0.3, 0.4) is 0 Å². The number of nitrogens with zero attached hydrogens (tertiary/aromatic N) is 4. The molecule has 5 heteroatoms. The van der Waals surface area contributed by atoms with Gasteiger partial charge in [0.1, 0.15) is 6.54 Å². The van der Waals surface area contributed by atoms with Gasteiger partial charge >= 0.3 is 0 Å². The molecule has 1 saturated carbocycles. The van der Waals surface area contributed by atoms with Crippen LogP contribution >= 0.6 is 0 Å². The summed E-state index contributed by atoms with van der Waals surface area (Å²) in [7, 11) is 0. The van der Waals surface area contributed by atoms with Crippen LogP contribution in [0.25, 0.3) is 0 Å². The first-order valence-electron chi connectivity index (χ1n) is 7.00. The highest BCUT2D eigenvalue weighted by Crippen LogP contribution is 2.37. The van der Waals surface area contributed by atoms with Gasteiger partial charge in [-0.05, 0) is 37.2 Å². The molecule has 0 saturated heterocycles. The maximum Gasteiger partial charge on any atom is 0.248 e. The van der Waals surface area contributed by atoms with Crippen molar-refractivity contribution >= 4 is 0 Å². The Balaban J connectivity index is 1.70. The molecule has 0 aliphatic heterocycles. The summed E-state index contributed by atoms with van der Waals surface area (Å²) in [6, 6.07) is 1.89. The first kappa shape index (κ1) is 12.4. The lowest BCUT2D eigenvalue weighted by molar-refractivity contribution is 0.257. The van der Waals surface area contributed by atoms with Gasteiger partial charge < -0.3 is 4.52 Å². The second-order valence-electron chi connectivity index (χ2n) is 5.86. The predicted molar refractivity (Wildman–Crippen MR) is 70.5 cm³/mol. The molecule has 0 amide bonds. The van der Waals surface area contributed by atoms with E-state index in [1.807, 2.05) is 12.3 Å². The summed E-state index contributed by atoms with van der Waals surface area (Å²) in [4.78, 5) is 4.54. The van der Waals surface area contributed by atoms with Crippen molar-refractivity contribution in [2.75, 3.05) is 0 Å². The highest BCUT2D eigenvalue weighted by molar-refractivity contribution is 4.99. The molecule has 2 unspecified atom stereocenters. The van der Waals surface area contributed by atoms with Crippen molar-refractivity contribution in [3.8, 4) is 0 Å². The van der Waals surface area contributed by atoms with Gasteiger partial charge in [0, 0.05) is 18.3 Å². The van der Waals surface area contributed by atoms with E-state index in [1.165, 1.54) is 19.3 Å². The average molecular weight is 260 g/mol. The van der Waals surface area contributed by atoms with Gasteiger partial charge in [-0.25, -0.2) is 0 Å². The fourth-order valence-corrected chi connectivity index (χ4v) is 3.19. The van der Waals surface area contributed by atoms with Crippen LogP contribution < -0.4 is 0 Å². The van der Waals surface area contributed by atoms with Crippen molar-refractivity contribution in [2.24, 2.45) is 11.8 Å². The Morgan fingerprint density at radius 1 is 1.26 bits per heavy atom. The van der Waals surface area contributed by atoms with Gasteiger partial charge in [0.25, 0.3) is 0 Å². The monoisotopic (exact) mass is 260 g/mol. The molecule has 1 aliphatic carbocycles. The standard InChI is InChI=1S/C14H20N4O/c1-10-6-11(2)8-12(7-10)14-16-13(19-17-14)9-18-5-3-4-15-18/h3-5,10-12H,6-9H2,1-2H3. The Kier molecular flexibility index (Phi) is 3.36. The first-order chi connectivity index (χ1) is 9.20. The lowest BCUT2D eigenvalue weighted by atomic mass is 9.76. The van der Waals surface area contributed by atoms with E-state index >= 15 is 0 Å². The molecule has 2 atom stereocenters. The molecule has 0 radical (unpaired) electrons. The average Bonchev–Trinajstić information content (AvgIpc) is 2.99. The topological polar surface area (TPSA) is 56.7 Å². The van der Waals surface area contributed by atoms with Crippen molar-refractivity contribution in [1.29, 1.82) is 0 Å². The second kappa shape index (κ2) is 5.15. The highest BCUT2D eigenvalue weighted by atomic mass is 16.5. The molecule has 2 heterocycles. The third-order valence-electron chi connectivity index (χ3n) is 3.88. The first-order valence-corrected chi connectivity index (χ1v) is 7.00. The van der Waals surface area contributed by atoms with Crippen molar-refractivity contribution in [1.82, 2.24) is 19.9 Å². The molecular weight excluding hydrogens is 240 g/mol. The van der Waals surface area contributed by atoms with Crippen LogP contribution in [-0.4, -0.2) is 19.9 Å². The number of aromatic nitrogens is 4. The Bertz CT molecular complexity index is 509. The van der Waals surface area contributed by atoms with E-state index in [-0.39, 0.29) is 0 Å². The number of rotatable bonds is 3. The molecule has 0 bridgehead atoms. The lowest BCUT2D eigenvalue weighted by Gasteiger charge is -2.29. The molecular formula is C14H20N4O. The zero-order valence-electron chi connectivity index (χ0n) is 11.5. The van der Waals surface area contributed by atoms with Crippen molar-refractivity contribution in [3.05, 3.63) is 30.2 Å². The highest BCUT2D eigenvalue weighted by Gasteiger charge is 2.28. The molecule has 2 aromatic rings. The van der Waals surface area contributed by atoms with Gasteiger partial charge in [-0.1, -0.05) is 19.0 Å². The summed E-state index contributed by atoms with van der Waals surface area (Å²) in [5.41, 5.74) is 0. The number of hydrogen-bond donors (Lipinski definition) is 0. The minimum absolute atomic E-state index is 0.453. The predicted octanol–water partition coefficient (Wildman–Crippen LogP) is 2.85. The van der Waals surface area contributed by atoms with Crippen molar-refractivity contribution < 1.29 is 4.52 Å². The SMILES string of the molecule is CC1CC(C)CC(c2noc(Cn3cccn3)n2)C1. The summed E-state index contributed by atoms with van der Waals surface area (Å²) < 4.78 is 7.13. The normalized spacial score (nSPS) is 27.6. The van der Waals surface area contributed by atoms with E-state index in [2.05, 4.69) is 29.1 Å². The molecule has 5 nitrogen and oxygen atoms in total. The quantitative estimate of drug-likeness (QED) is 0.851. The second-order valence-corrected chi connectivity index (χ2v) is 5.86. The lowest BCUT2D eigenvalue weighted by Crippen LogP contribution is -2.19. The van der Waals surface area contributed by atoms with Crippen LogP contribution in [0.15, 0.2) is 23.0 Å². The molecule has 0 spiro atoms. The van der Waals surface area contributed by atoms with E-state index in [0.717, 1.165) is 17.7 Å². The van der Waals surface area contributed by atoms with Crippen LogP contribution in [0.5, 0.6) is 0 Å². The van der Waals surface area contributed by atoms with Gasteiger partial charge in [-0.3, -0.25) is 4.68 Å². The molecule has 0 aromatic carbocycles. The zero-order valence-corrected chi connectivity index (χ0v) is 11.5. The largest absolute Gasteiger partial charge is 0.337 e. The van der Waals surface area contributed by atoms with Gasteiger partial charge in [0.2, 0.25) is 5.89 Å². The van der Waals surface area contributed by atoms with Crippen LogP contribution in [0.1, 0.15) is 50.7 Å². The zero-order chi connectivity index (χ0) is 13.2. The summed E-state index contributed by atoms with van der Waals surface area (Å²) in [6.45, 7) is 5.18. The van der Waals surface area contributed by atoms with Crippen LogP contribution in [0.4, 0.5) is 0 Å². The molecule has 0 N–H and O–H groups in total. The van der Waals surface area contributed by atoms with Crippen molar-refractivity contribution in [3.63, 3.8) is 0 Å². The Labute approximate surface area is 113 Å². The maximum atomic E-state index is 5.34. The van der Waals surface area contributed by atoms with Gasteiger partial charge in [-0.2, -0.15) is 10.1 Å². The van der Waals surface area contributed by atoms with Crippen LogP contribution in [-0.2, 0) is 6.54 Å². The van der Waals surface area contributed by atoms with E-state index in [9.17, 15) is 0 Å². The Hall–Kier alpha value is -1.65. The number of hydrogen-bond acceptors (Lipinski definition) is 4. The van der Waals surface area contributed by atoms with E-state index in [0.29, 0.717) is 18.4 Å². The van der Waals surface area contributed by atoms with E-state index < -0.39 is 0 Å². The van der Waals surface area contributed by atoms with Crippen LogP contribution in [0.2, 0.25) is 0 Å². The fraction of sp³-hybridized carbons (Fsp3) is 0.643. The minimum Gasteiger partial charge on any atom is -0.337 e. The maximum absolute atomic E-state index is 5.34. The van der Waals surface area contributed by atoms with Gasteiger partial charge in [-0.15, -0.1) is 0 Å². The Morgan fingerprint density at radius 2 is 2.05 bits per heavy atom. The third-order valence-corrected chi connectivity index (χ3v) is 3.88. The summed E-state index contributed by atoms with van der Waals surface area (Å²) >= 11 is 0. The van der Waals surface area contributed by atoms with Crippen molar-refractivity contribution in [2.45, 2.75) is 45.6 Å². The van der Waals surface area contributed by atoms with Gasteiger partial charge in [0.05, 0.1) is 0 Å². The third kappa shape index (κ3) is 2.85. The summed E-state index contributed by atoms with van der Waals surface area (Å²) in [6.07, 6.45) is 7.31. The molecule has 1 aliphatic rings. The minimum atomic E-state index is 0.453. The van der Waals surface area contributed by atoms with Gasteiger partial charge in [0.15, 0.2) is 5.82 Å². The molecule has 2 aromatic heterocycles. The fourth-order valence-electron chi connectivity index (χ4n) is 3.19. The van der Waals surface area contributed by atoms with E-state index in [1.54, 1.807) is 10.9 Å². The molecule has 102 valence electrons. The van der Waals surface area contributed by atoms with Crippen LogP contribution in [0, 0.1) is 11.8 Å². The molecule has 1 fully saturated rings. The molecule has 3 rings (SSSR count). The summed E-state index contributed by atoms with van der Waals surface area (Å²) in [5, 5.41) is 8.31. The summed E-state index contributed by atoms with van der Waals surface area (Å²) in [5.74, 6) is 3.47. The Morgan fingerprint density at radius 3 is 2.74 bits per heavy atom. The van der Waals surface area contributed by atoms with E-state index in [4.69, 9.17) is 4.52 Å².